The second kappa shape index (κ2) is 7.39. The summed E-state index contributed by atoms with van der Waals surface area (Å²) < 4.78 is 19.0. The van der Waals surface area contributed by atoms with Gasteiger partial charge in [0.25, 0.3) is 0 Å². The van der Waals surface area contributed by atoms with Gasteiger partial charge in [-0.2, -0.15) is 0 Å². The van der Waals surface area contributed by atoms with Crippen molar-refractivity contribution in [2.75, 3.05) is 13.7 Å². The first-order chi connectivity index (χ1) is 13.5. The van der Waals surface area contributed by atoms with Gasteiger partial charge in [-0.05, 0) is 67.1 Å². The Morgan fingerprint density at radius 2 is 2.07 bits per heavy atom. The summed E-state index contributed by atoms with van der Waals surface area (Å²) in [6.45, 7) is 0.596. The predicted octanol–water partition coefficient (Wildman–Crippen LogP) is 2.39. The predicted molar refractivity (Wildman–Crippen MR) is 102 cm³/mol. The molecule has 1 unspecified atom stereocenters. The van der Waals surface area contributed by atoms with Crippen molar-refractivity contribution >= 4 is 11.8 Å². The molecule has 1 aliphatic carbocycles. The topological polar surface area (TPSA) is 83.2 Å². The third-order valence-corrected chi connectivity index (χ3v) is 5.62. The number of amides is 2. The van der Waals surface area contributed by atoms with Crippen molar-refractivity contribution in [3.05, 3.63) is 47.4 Å². The summed E-state index contributed by atoms with van der Waals surface area (Å²) in [7, 11) is 1.70. The normalized spacial score (nSPS) is 20.1. The molecule has 2 aromatic rings. The van der Waals surface area contributed by atoms with Crippen molar-refractivity contribution in [3.8, 4) is 11.3 Å². The number of aryl methyl sites for hydroxylation is 1. The largest absolute Gasteiger partial charge is 0.372 e. The lowest BCUT2D eigenvalue weighted by atomic mass is 10.0. The van der Waals surface area contributed by atoms with Crippen molar-refractivity contribution in [2.24, 2.45) is 0 Å². The first kappa shape index (κ1) is 18.7. The van der Waals surface area contributed by atoms with Crippen LogP contribution in [0.15, 0.2) is 30.3 Å². The summed E-state index contributed by atoms with van der Waals surface area (Å²) in [6.07, 6.45) is 3.31. The highest BCUT2D eigenvalue weighted by atomic mass is 19.1. The summed E-state index contributed by atoms with van der Waals surface area (Å²) in [5, 5.41) is 5.50. The van der Waals surface area contributed by atoms with Crippen LogP contribution in [0.25, 0.3) is 11.3 Å². The Bertz CT molecular complexity index is 887. The zero-order valence-electron chi connectivity index (χ0n) is 15.8. The molecule has 1 aliphatic heterocycles. The number of ether oxygens (including phenoxy) is 1. The molecule has 6 nitrogen and oxygen atoms in total. The molecule has 1 saturated heterocycles. The van der Waals surface area contributed by atoms with Gasteiger partial charge in [-0.3, -0.25) is 9.59 Å². The van der Waals surface area contributed by atoms with E-state index in [1.807, 2.05) is 6.07 Å². The van der Waals surface area contributed by atoms with Gasteiger partial charge in [0.1, 0.15) is 17.5 Å². The smallest absolute Gasteiger partial charge is 0.242 e. The van der Waals surface area contributed by atoms with Crippen LogP contribution in [0, 0.1) is 5.82 Å². The average Bonchev–Trinajstić information content (AvgIpc) is 3.22. The molecule has 1 aromatic carbocycles. The Hall–Kier alpha value is -2.67. The maximum absolute atomic E-state index is 13.3. The number of aromatic nitrogens is 1. The lowest BCUT2D eigenvalue weighted by molar-refractivity contribution is -0.127. The number of aromatic amines is 1. The van der Waals surface area contributed by atoms with Crippen molar-refractivity contribution in [1.82, 2.24) is 15.6 Å². The fourth-order valence-electron chi connectivity index (χ4n) is 3.76. The number of carbonyl (C=O) groups excluding carboxylic acids is 2. The van der Waals surface area contributed by atoms with Gasteiger partial charge in [0.2, 0.25) is 11.8 Å². The minimum atomic E-state index is -0.436. The highest BCUT2D eigenvalue weighted by Crippen LogP contribution is 2.49. The molecule has 2 fully saturated rings. The zero-order valence-corrected chi connectivity index (χ0v) is 15.8. The van der Waals surface area contributed by atoms with Crippen LogP contribution < -0.4 is 10.6 Å². The van der Waals surface area contributed by atoms with Gasteiger partial charge in [-0.15, -0.1) is 0 Å². The minimum absolute atomic E-state index is 0.125. The minimum Gasteiger partial charge on any atom is -0.372 e. The highest BCUT2D eigenvalue weighted by molar-refractivity contribution is 5.89. The Balaban J connectivity index is 1.52. The second-order valence-electron chi connectivity index (χ2n) is 7.49. The number of carbonyl (C=O) groups is 2. The van der Waals surface area contributed by atoms with E-state index < -0.39 is 6.04 Å². The summed E-state index contributed by atoms with van der Waals surface area (Å²) in [5.74, 6) is -0.565. The van der Waals surface area contributed by atoms with Gasteiger partial charge in [0, 0.05) is 31.5 Å². The van der Waals surface area contributed by atoms with E-state index in [1.165, 1.54) is 12.1 Å². The van der Waals surface area contributed by atoms with E-state index in [2.05, 4.69) is 15.6 Å². The van der Waals surface area contributed by atoms with E-state index in [1.54, 1.807) is 19.2 Å². The zero-order chi connectivity index (χ0) is 19.7. The van der Waals surface area contributed by atoms with Crippen LogP contribution in [-0.2, 0) is 26.3 Å². The van der Waals surface area contributed by atoms with Crippen LogP contribution in [0.3, 0.4) is 0 Å². The van der Waals surface area contributed by atoms with Crippen molar-refractivity contribution in [2.45, 2.75) is 43.7 Å². The first-order valence-corrected chi connectivity index (χ1v) is 9.61. The van der Waals surface area contributed by atoms with Gasteiger partial charge in [-0.1, -0.05) is 0 Å². The molecule has 0 spiro atoms. The molecule has 2 heterocycles. The first-order valence-electron chi connectivity index (χ1n) is 9.61. The highest BCUT2D eigenvalue weighted by Gasteiger charge is 2.46. The number of halogens is 1. The number of nitrogens with one attached hydrogen (secondary N) is 3. The number of H-pyrrole nitrogens is 1. The lowest BCUT2D eigenvalue weighted by Crippen LogP contribution is -2.40. The monoisotopic (exact) mass is 385 g/mol. The maximum Gasteiger partial charge on any atom is 0.242 e. The molecule has 4 rings (SSSR count). The van der Waals surface area contributed by atoms with Crippen LogP contribution in [0.2, 0.25) is 0 Å². The fourth-order valence-corrected chi connectivity index (χ4v) is 3.76. The fraction of sp³-hybridized carbons (Fsp3) is 0.429. The molecule has 1 saturated carbocycles. The molecule has 2 aliphatic rings. The Morgan fingerprint density at radius 3 is 2.68 bits per heavy atom. The van der Waals surface area contributed by atoms with Crippen LogP contribution >= 0.6 is 0 Å². The molecule has 7 heteroatoms. The van der Waals surface area contributed by atoms with Crippen molar-refractivity contribution < 1.29 is 18.7 Å². The summed E-state index contributed by atoms with van der Waals surface area (Å²) >= 11 is 0. The number of hydrogen-bond donors (Lipinski definition) is 3. The van der Waals surface area contributed by atoms with Gasteiger partial charge in [0.15, 0.2) is 0 Å². The molecular formula is C21H24FN3O3. The second-order valence-corrected chi connectivity index (χ2v) is 7.49. The van der Waals surface area contributed by atoms with Crippen molar-refractivity contribution in [3.63, 3.8) is 0 Å². The number of hydrogen-bond acceptors (Lipinski definition) is 3. The third-order valence-electron chi connectivity index (χ3n) is 5.62. The summed E-state index contributed by atoms with van der Waals surface area (Å²) in [4.78, 5) is 27.4. The van der Waals surface area contributed by atoms with Gasteiger partial charge in [0.05, 0.1) is 0 Å². The molecule has 0 bridgehead atoms. The molecule has 0 radical (unpaired) electrons. The van der Waals surface area contributed by atoms with Crippen LogP contribution in [0.1, 0.15) is 36.9 Å². The van der Waals surface area contributed by atoms with Crippen LogP contribution in [0.4, 0.5) is 4.39 Å². The van der Waals surface area contributed by atoms with Gasteiger partial charge >= 0.3 is 0 Å². The van der Waals surface area contributed by atoms with Gasteiger partial charge in [-0.25, -0.2) is 4.39 Å². The maximum atomic E-state index is 13.3. The number of rotatable bonds is 7. The van der Waals surface area contributed by atoms with Crippen molar-refractivity contribution in [1.29, 1.82) is 0 Å². The Morgan fingerprint density at radius 1 is 1.32 bits per heavy atom. The molecule has 148 valence electrons. The van der Waals surface area contributed by atoms with E-state index >= 15 is 0 Å². The molecule has 28 heavy (non-hydrogen) atoms. The SMILES string of the molecule is COC1(c2cc(CCC(=O)NC3CCNC3=O)c(-c3ccc(F)cc3)[nH]2)CC1. The Labute approximate surface area is 162 Å². The average molecular weight is 385 g/mol. The van der Waals surface area contributed by atoms with E-state index in [4.69, 9.17) is 4.74 Å². The van der Waals surface area contributed by atoms with Crippen LogP contribution in [-0.4, -0.2) is 36.5 Å². The van der Waals surface area contributed by atoms with E-state index in [9.17, 15) is 14.0 Å². The Kier molecular flexibility index (Phi) is 4.93. The third kappa shape index (κ3) is 3.67. The van der Waals surface area contributed by atoms with Crippen LogP contribution in [0.5, 0.6) is 0 Å². The molecule has 1 atom stereocenters. The summed E-state index contributed by atoms with van der Waals surface area (Å²) in [6, 6.07) is 7.91. The number of methoxy groups -OCH3 is 1. The molecule has 3 N–H and O–H groups in total. The van der Waals surface area contributed by atoms with E-state index in [0.717, 1.165) is 35.4 Å². The molecule has 1 aromatic heterocycles. The van der Waals surface area contributed by atoms with Gasteiger partial charge < -0.3 is 20.4 Å². The van der Waals surface area contributed by atoms with E-state index in [-0.39, 0.29) is 29.7 Å². The standard InChI is InChI=1S/C21H24FN3O3/c1-28-21(9-10-21)17-12-14(19(25-17)13-2-5-15(22)6-3-13)4-7-18(26)24-16-8-11-23-20(16)27/h2-3,5-6,12,16,25H,4,7-11H2,1H3,(H,23,27)(H,24,26). The molecular weight excluding hydrogens is 361 g/mol. The molecule has 2 amide bonds. The summed E-state index contributed by atoms with van der Waals surface area (Å²) in [5.41, 5.74) is 3.43. The quantitative estimate of drug-likeness (QED) is 0.684. The lowest BCUT2D eigenvalue weighted by Gasteiger charge is -2.10. The van der Waals surface area contributed by atoms with E-state index in [0.29, 0.717) is 19.4 Å². The number of benzene rings is 1.